The molecule has 0 unspecified atom stereocenters. The lowest BCUT2D eigenvalue weighted by molar-refractivity contribution is -0.124. The van der Waals surface area contributed by atoms with Crippen LogP contribution in [0, 0.1) is 19.7 Å². The fraction of sp³-hybridized carbons (Fsp3) is 0.250. The molecule has 166 valence electrons. The molecule has 1 aliphatic rings. The number of thioether (sulfide) groups is 1. The number of carbonyl (C=O) groups is 4. The zero-order valence-electron chi connectivity index (χ0n) is 17.8. The first kappa shape index (κ1) is 23.4. The smallest absolute Gasteiger partial charge is 0.293 e. The molecule has 3 rings (SSSR count). The van der Waals surface area contributed by atoms with Crippen LogP contribution in [0.1, 0.15) is 39.9 Å². The molecule has 0 aliphatic carbocycles. The highest BCUT2D eigenvalue weighted by molar-refractivity contribution is 8.18. The van der Waals surface area contributed by atoms with Gasteiger partial charge in [0.2, 0.25) is 5.91 Å². The van der Waals surface area contributed by atoms with Crippen LogP contribution >= 0.6 is 11.8 Å². The standard InChI is InChI=1S/C24H23FN2O4S/c1-15-3-4-16(2)19(13-15)20(28)9-10-22(29)26-11-12-27-23(30)21(32-24(27)31)14-17-5-7-18(25)8-6-17/h3-8,13-14H,9-12H2,1-2H3,(H,26,29)/b21-14-. The van der Waals surface area contributed by atoms with E-state index in [1.54, 1.807) is 0 Å². The monoisotopic (exact) mass is 454 g/mol. The van der Waals surface area contributed by atoms with Crippen LogP contribution in [0.5, 0.6) is 0 Å². The van der Waals surface area contributed by atoms with E-state index in [-0.39, 0.29) is 48.3 Å². The van der Waals surface area contributed by atoms with Gasteiger partial charge in [-0.3, -0.25) is 24.1 Å². The summed E-state index contributed by atoms with van der Waals surface area (Å²) in [6, 6.07) is 11.2. The number of nitrogens with zero attached hydrogens (tertiary/aromatic N) is 1. The molecule has 0 atom stereocenters. The first-order valence-electron chi connectivity index (χ1n) is 10.1. The molecule has 2 aromatic rings. The minimum Gasteiger partial charge on any atom is -0.354 e. The van der Waals surface area contributed by atoms with Gasteiger partial charge in [-0.1, -0.05) is 29.8 Å². The molecule has 8 heteroatoms. The number of carbonyl (C=O) groups excluding carboxylic acids is 4. The number of hydrogen-bond donors (Lipinski definition) is 1. The number of halogens is 1. The quantitative estimate of drug-likeness (QED) is 0.476. The fourth-order valence-corrected chi connectivity index (χ4v) is 4.06. The Balaban J connectivity index is 1.47. The van der Waals surface area contributed by atoms with E-state index >= 15 is 0 Å². The maximum Gasteiger partial charge on any atom is 0.293 e. The van der Waals surface area contributed by atoms with Crippen LogP contribution < -0.4 is 5.32 Å². The Labute approximate surface area is 189 Å². The van der Waals surface area contributed by atoms with Gasteiger partial charge in [-0.25, -0.2) is 4.39 Å². The molecule has 32 heavy (non-hydrogen) atoms. The Hall–Kier alpha value is -3.26. The summed E-state index contributed by atoms with van der Waals surface area (Å²) in [5.74, 6) is -1.26. The molecule has 6 nitrogen and oxygen atoms in total. The Kier molecular flexibility index (Phi) is 7.58. The summed E-state index contributed by atoms with van der Waals surface area (Å²) in [5, 5.41) is 2.22. The molecule has 3 amide bonds. The molecular weight excluding hydrogens is 431 g/mol. The van der Waals surface area contributed by atoms with E-state index in [1.807, 2.05) is 32.0 Å². The number of ketones is 1. The van der Waals surface area contributed by atoms with Crippen LogP contribution in [0.15, 0.2) is 47.4 Å². The summed E-state index contributed by atoms with van der Waals surface area (Å²) >= 11 is 0.801. The summed E-state index contributed by atoms with van der Waals surface area (Å²) < 4.78 is 13.0. The summed E-state index contributed by atoms with van der Waals surface area (Å²) in [5.41, 5.74) is 3.07. The molecular formula is C24H23FN2O4S. The molecule has 0 radical (unpaired) electrons. The Morgan fingerprint density at radius 2 is 1.78 bits per heavy atom. The van der Waals surface area contributed by atoms with E-state index < -0.39 is 11.1 Å². The Morgan fingerprint density at radius 3 is 2.50 bits per heavy atom. The number of benzene rings is 2. The van der Waals surface area contributed by atoms with Crippen LogP contribution in [-0.4, -0.2) is 40.8 Å². The molecule has 0 aromatic heterocycles. The average Bonchev–Trinajstić information content (AvgIpc) is 3.02. The predicted molar refractivity (Wildman–Crippen MR) is 122 cm³/mol. The van der Waals surface area contributed by atoms with Gasteiger partial charge in [-0.05, 0) is 61.0 Å². The summed E-state index contributed by atoms with van der Waals surface area (Å²) in [4.78, 5) is 50.4. The van der Waals surface area contributed by atoms with Crippen molar-refractivity contribution in [2.24, 2.45) is 0 Å². The van der Waals surface area contributed by atoms with Crippen molar-refractivity contribution >= 4 is 40.7 Å². The number of aryl methyl sites for hydroxylation is 2. The third-order valence-electron chi connectivity index (χ3n) is 4.97. The topological polar surface area (TPSA) is 83.6 Å². The lowest BCUT2D eigenvalue weighted by Crippen LogP contribution is -2.37. The summed E-state index contributed by atoms with van der Waals surface area (Å²) in [6.07, 6.45) is 1.64. The zero-order chi connectivity index (χ0) is 23.3. The second kappa shape index (κ2) is 10.4. The molecule has 2 aromatic carbocycles. The predicted octanol–water partition coefficient (Wildman–Crippen LogP) is 4.26. The number of hydrogen-bond acceptors (Lipinski definition) is 5. The molecule has 1 heterocycles. The lowest BCUT2D eigenvalue weighted by Gasteiger charge is -2.13. The highest BCUT2D eigenvalue weighted by atomic mass is 32.2. The highest BCUT2D eigenvalue weighted by Gasteiger charge is 2.34. The van der Waals surface area contributed by atoms with Gasteiger partial charge in [0.1, 0.15) is 5.82 Å². The van der Waals surface area contributed by atoms with E-state index in [0.717, 1.165) is 27.8 Å². The van der Waals surface area contributed by atoms with Crippen molar-refractivity contribution in [2.45, 2.75) is 26.7 Å². The molecule has 0 saturated carbocycles. The van der Waals surface area contributed by atoms with Crippen LogP contribution in [0.4, 0.5) is 9.18 Å². The van der Waals surface area contributed by atoms with Crippen molar-refractivity contribution < 1.29 is 23.6 Å². The fourth-order valence-electron chi connectivity index (χ4n) is 3.20. The second-order valence-electron chi connectivity index (χ2n) is 7.48. The Morgan fingerprint density at radius 1 is 1.06 bits per heavy atom. The third kappa shape index (κ3) is 5.91. The number of amides is 3. The van der Waals surface area contributed by atoms with Crippen molar-refractivity contribution in [1.29, 1.82) is 0 Å². The first-order chi connectivity index (χ1) is 15.2. The SMILES string of the molecule is Cc1ccc(C)c(C(=O)CCC(=O)NCCN2C(=O)S/C(=C\c3ccc(F)cc3)C2=O)c1. The van der Waals surface area contributed by atoms with E-state index in [9.17, 15) is 23.6 Å². The van der Waals surface area contributed by atoms with Crippen molar-refractivity contribution in [3.8, 4) is 0 Å². The van der Waals surface area contributed by atoms with Gasteiger partial charge in [0.15, 0.2) is 5.78 Å². The van der Waals surface area contributed by atoms with E-state index in [0.29, 0.717) is 11.1 Å². The molecule has 1 aliphatic heterocycles. The normalized spacial score (nSPS) is 14.8. The molecule has 1 N–H and O–H groups in total. The largest absolute Gasteiger partial charge is 0.354 e. The minimum atomic E-state index is -0.455. The van der Waals surface area contributed by atoms with Crippen LogP contribution in [0.25, 0.3) is 6.08 Å². The van der Waals surface area contributed by atoms with Crippen molar-refractivity contribution in [2.75, 3.05) is 13.1 Å². The highest BCUT2D eigenvalue weighted by Crippen LogP contribution is 2.31. The first-order valence-corrected chi connectivity index (χ1v) is 10.9. The van der Waals surface area contributed by atoms with Crippen molar-refractivity contribution in [3.63, 3.8) is 0 Å². The van der Waals surface area contributed by atoms with Gasteiger partial charge < -0.3 is 5.32 Å². The third-order valence-corrected chi connectivity index (χ3v) is 5.88. The van der Waals surface area contributed by atoms with Crippen molar-refractivity contribution in [1.82, 2.24) is 10.2 Å². The van der Waals surface area contributed by atoms with E-state index in [1.165, 1.54) is 30.3 Å². The number of Topliss-reactive ketones (excluding diaryl/α,β-unsaturated/α-hetero) is 1. The van der Waals surface area contributed by atoms with Crippen LogP contribution in [0.2, 0.25) is 0 Å². The van der Waals surface area contributed by atoms with Crippen LogP contribution in [-0.2, 0) is 9.59 Å². The maximum absolute atomic E-state index is 13.0. The van der Waals surface area contributed by atoms with Crippen molar-refractivity contribution in [3.05, 3.63) is 75.4 Å². The van der Waals surface area contributed by atoms with E-state index in [4.69, 9.17) is 0 Å². The van der Waals surface area contributed by atoms with E-state index in [2.05, 4.69) is 5.32 Å². The number of rotatable bonds is 8. The summed E-state index contributed by atoms with van der Waals surface area (Å²) in [7, 11) is 0. The average molecular weight is 455 g/mol. The van der Waals surface area contributed by atoms with Gasteiger partial charge in [0.25, 0.3) is 11.1 Å². The molecule has 0 bridgehead atoms. The van der Waals surface area contributed by atoms with Gasteiger partial charge in [0, 0.05) is 31.5 Å². The number of imide groups is 1. The lowest BCUT2D eigenvalue weighted by atomic mass is 9.99. The Bertz CT molecular complexity index is 1100. The molecule has 0 spiro atoms. The van der Waals surface area contributed by atoms with Crippen LogP contribution in [0.3, 0.4) is 0 Å². The molecule has 1 fully saturated rings. The minimum absolute atomic E-state index is 0.0264. The molecule has 1 saturated heterocycles. The van der Waals surface area contributed by atoms with Gasteiger partial charge in [-0.15, -0.1) is 0 Å². The maximum atomic E-state index is 13.0. The summed E-state index contributed by atoms with van der Waals surface area (Å²) in [6.45, 7) is 3.89. The number of nitrogens with one attached hydrogen (secondary N) is 1. The second-order valence-corrected chi connectivity index (χ2v) is 8.47. The van der Waals surface area contributed by atoms with Gasteiger partial charge in [-0.2, -0.15) is 0 Å². The zero-order valence-corrected chi connectivity index (χ0v) is 18.6. The van der Waals surface area contributed by atoms with Gasteiger partial charge >= 0.3 is 0 Å². The van der Waals surface area contributed by atoms with Gasteiger partial charge in [0.05, 0.1) is 4.91 Å².